The van der Waals surface area contributed by atoms with Gasteiger partial charge in [0.05, 0.1) is 3.57 Å². The van der Waals surface area contributed by atoms with Crippen molar-refractivity contribution in [2.75, 3.05) is 19.6 Å². The van der Waals surface area contributed by atoms with Crippen LogP contribution in [0.5, 0.6) is 5.75 Å². The number of phenolic OH excluding ortho intramolecular Hbond substituents is 1. The summed E-state index contributed by atoms with van der Waals surface area (Å²) in [6.45, 7) is 2.83. The maximum atomic E-state index is 10.00. The summed E-state index contributed by atoms with van der Waals surface area (Å²) in [5.41, 5.74) is 0.999. The zero-order valence-electron chi connectivity index (χ0n) is 8.46. The highest BCUT2D eigenvalue weighted by molar-refractivity contribution is 14.1. The van der Waals surface area contributed by atoms with Crippen LogP contribution in [0.3, 0.4) is 0 Å². The van der Waals surface area contributed by atoms with Crippen molar-refractivity contribution in [2.24, 2.45) is 0 Å². The van der Waals surface area contributed by atoms with E-state index in [9.17, 15) is 5.11 Å². The summed E-state index contributed by atoms with van der Waals surface area (Å²) in [6.07, 6.45) is 0. The summed E-state index contributed by atoms with van der Waals surface area (Å²) in [5.74, 6) is 0.414. The molecule has 1 aromatic carbocycles. The number of hydrogen-bond donors (Lipinski definition) is 3. The second kappa shape index (κ2) is 6.58. The first kappa shape index (κ1) is 14.7. The summed E-state index contributed by atoms with van der Waals surface area (Å²) in [4.78, 5) is 0. The fourth-order valence-electron chi connectivity index (χ4n) is 1.72. The van der Waals surface area contributed by atoms with Gasteiger partial charge in [0, 0.05) is 34.8 Å². The molecule has 16 heavy (non-hydrogen) atoms. The highest BCUT2D eigenvalue weighted by Crippen LogP contribution is 2.31. The minimum absolute atomic E-state index is 0. The van der Waals surface area contributed by atoms with Crippen LogP contribution in [0.1, 0.15) is 11.6 Å². The van der Waals surface area contributed by atoms with Gasteiger partial charge in [-0.15, -0.1) is 12.4 Å². The molecule has 1 aliphatic rings. The number of aromatic hydroxyl groups is 1. The molecule has 1 heterocycles. The van der Waals surface area contributed by atoms with E-state index in [-0.39, 0.29) is 18.4 Å². The van der Waals surface area contributed by atoms with E-state index in [0.717, 1.165) is 32.3 Å². The van der Waals surface area contributed by atoms with Crippen molar-refractivity contribution in [1.82, 2.24) is 10.6 Å². The van der Waals surface area contributed by atoms with Crippen molar-refractivity contribution in [3.63, 3.8) is 0 Å². The van der Waals surface area contributed by atoms with Gasteiger partial charge in [-0.1, -0.05) is 0 Å². The maximum Gasteiger partial charge on any atom is 0.133 e. The molecular formula is C10H13ClI2N2O. The van der Waals surface area contributed by atoms with Gasteiger partial charge in [-0.3, -0.25) is 0 Å². The lowest BCUT2D eigenvalue weighted by Crippen LogP contribution is -2.42. The molecule has 0 unspecified atom stereocenters. The molecule has 6 heteroatoms. The second-order valence-electron chi connectivity index (χ2n) is 3.54. The molecule has 0 aromatic heterocycles. The van der Waals surface area contributed by atoms with Gasteiger partial charge < -0.3 is 15.7 Å². The first-order valence-corrected chi connectivity index (χ1v) is 6.96. The number of hydrogen-bond acceptors (Lipinski definition) is 3. The van der Waals surface area contributed by atoms with E-state index >= 15 is 0 Å². The highest BCUT2D eigenvalue weighted by Gasteiger charge is 2.19. The minimum atomic E-state index is 0. The zero-order chi connectivity index (χ0) is 10.8. The Morgan fingerprint density at radius 3 is 2.62 bits per heavy atom. The fraction of sp³-hybridized carbons (Fsp3) is 0.400. The first-order valence-electron chi connectivity index (χ1n) is 4.80. The molecule has 0 spiro atoms. The van der Waals surface area contributed by atoms with Crippen molar-refractivity contribution < 1.29 is 5.11 Å². The van der Waals surface area contributed by atoms with E-state index in [0.29, 0.717) is 5.75 Å². The van der Waals surface area contributed by atoms with Crippen LogP contribution in [0.4, 0.5) is 0 Å². The zero-order valence-corrected chi connectivity index (χ0v) is 13.6. The largest absolute Gasteiger partial charge is 0.506 e. The molecule has 0 bridgehead atoms. The van der Waals surface area contributed by atoms with Gasteiger partial charge in [0.15, 0.2) is 0 Å². The van der Waals surface area contributed by atoms with Gasteiger partial charge in [0.1, 0.15) is 5.75 Å². The summed E-state index contributed by atoms with van der Waals surface area (Å²) in [5, 5.41) is 16.7. The molecule has 0 saturated carbocycles. The monoisotopic (exact) mass is 466 g/mol. The Hall–Kier alpha value is 0.690. The molecule has 0 aliphatic carbocycles. The topological polar surface area (TPSA) is 44.3 Å². The Labute approximate surface area is 128 Å². The van der Waals surface area contributed by atoms with Crippen molar-refractivity contribution in [3.05, 3.63) is 24.8 Å². The molecule has 1 saturated heterocycles. The van der Waals surface area contributed by atoms with Gasteiger partial charge >= 0.3 is 0 Å². The van der Waals surface area contributed by atoms with E-state index in [2.05, 4.69) is 55.8 Å². The van der Waals surface area contributed by atoms with Gasteiger partial charge in [-0.2, -0.15) is 0 Å². The fourth-order valence-corrected chi connectivity index (χ4v) is 3.61. The molecule has 3 N–H and O–H groups in total. The standard InChI is InChI=1S/C10H12I2N2O.ClH/c11-6-3-7(10(15)8(12)4-6)9-5-13-1-2-14-9;/h3-4,9,13-15H,1-2,5H2;1H/t9-;/m0./s1. The van der Waals surface area contributed by atoms with Crippen molar-refractivity contribution in [3.8, 4) is 5.75 Å². The second-order valence-corrected chi connectivity index (χ2v) is 5.94. The van der Waals surface area contributed by atoms with E-state index in [1.54, 1.807) is 0 Å². The van der Waals surface area contributed by atoms with Crippen LogP contribution >= 0.6 is 57.6 Å². The molecule has 1 aromatic rings. The molecule has 1 atom stereocenters. The molecule has 1 aliphatic heterocycles. The predicted octanol–water partition coefficient (Wildman–Crippen LogP) is 2.26. The van der Waals surface area contributed by atoms with E-state index in [1.165, 1.54) is 0 Å². The Balaban J connectivity index is 0.00000128. The maximum absolute atomic E-state index is 10.00. The Morgan fingerprint density at radius 1 is 1.25 bits per heavy atom. The van der Waals surface area contributed by atoms with Crippen molar-refractivity contribution in [2.45, 2.75) is 6.04 Å². The minimum Gasteiger partial charge on any atom is -0.506 e. The number of benzene rings is 1. The SMILES string of the molecule is Cl.Oc1c(I)cc(I)cc1[C@@H]1CNCCN1. The quantitative estimate of drug-likeness (QED) is 0.557. The van der Waals surface area contributed by atoms with Crippen LogP contribution in [0.2, 0.25) is 0 Å². The summed E-state index contributed by atoms with van der Waals surface area (Å²) < 4.78 is 2.08. The normalized spacial score (nSPS) is 20.2. The molecule has 2 rings (SSSR count). The first-order chi connectivity index (χ1) is 7.18. The summed E-state index contributed by atoms with van der Waals surface area (Å²) >= 11 is 4.45. The number of halogens is 3. The molecule has 0 amide bonds. The molecule has 90 valence electrons. The van der Waals surface area contributed by atoms with Gasteiger partial charge in [0.25, 0.3) is 0 Å². The highest BCUT2D eigenvalue weighted by atomic mass is 127. The Morgan fingerprint density at radius 2 is 2.00 bits per heavy atom. The number of rotatable bonds is 1. The average molecular weight is 466 g/mol. The number of phenols is 1. The smallest absolute Gasteiger partial charge is 0.133 e. The van der Waals surface area contributed by atoms with Gasteiger partial charge in [0.2, 0.25) is 0 Å². The number of piperazine rings is 1. The van der Waals surface area contributed by atoms with Crippen LogP contribution < -0.4 is 10.6 Å². The predicted molar refractivity (Wildman–Crippen MR) is 84.4 cm³/mol. The number of nitrogens with one attached hydrogen (secondary N) is 2. The summed E-state index contributed by atoms with van der Waals surface area (Å²) in [7, 11) is 0. The van der Waals surface area contributed by atoms with E-state index in [1.807, 2.05) is 12.1 Å². The molecule has 0 radical (unpaired) electrons. The van der Waals surface area contributed by atoms with Crippen molar-refractivity contribution >= 4 is 57.6 Å². The van der Waals surface area contributed by atoms with Crippen LogP contribution in [-0.4, -0.2) is 24.7 Å². The molecule has 3 nitrogen and oxygen atoms in total. The Bertz CT molecular complexity index is 370. The summed E-state index contributed by atoms with van der Waals surface area (Å²) in [6, 6.07) is 4.25. The van der Waals surface area contributed by atoms with Crippen LogP contribution in [0.15, 0.2) is 12.1 Å². The van der Waals surface area contributed by atoms with Crippen LogP contribution in [0, 0.1) is 7.14 Å². The van der Waals surface area contributed by atoms with Crippen LogP contribution in [0.25, 0.3) is 0 Å². The lowest BCUT2D eigenvalue weighted by Gasteiger charge is -2.26. The van der Waals surface area contributed by atoms with Crippen LogP contribution in [-0.2, 0) is 0 Å². The van der Waals surface area contributed by atoms with Gasteiger partial charge in [-0.25, -0.2) is 0 Å². The third-order valence-electron chi connectivity index (χ3n) is 2.47. The molecular weight excluding hydrogens is 453 g/mol. The Kier molecular flexibility index (Phi) is 6.06. The van der Waals surface area contributed by atoms with E-state index in [4.69, 9.17) is 0 Å². The third-order valence-corrected chi connectivity index (χ3v) is 3.92. The lowest BCUT2D eigenvalue weighted by molar-refractivity contribution is 0.403. The van der Waals surface area contributed by atoms with E-state index < -0.39 is 0 Å². The lowest BCUT2D eigenvalue weighted by atomic mass is 10.0. The molecule has 1 fully saturated rings. The van der Waals surface area contributed by atoms with Crippen molar-refractivity contribution in [1.29, 1.82) is 0 Å². The van der Waals surface area contributed by atoms with Gasteiger partial charge in [-0.05, 0) is 57.3 Å². The average Bonchev–Trinajstić information content (AvgIpc) is 2.24. The third kappa shape index (κ3) is 3.34.